The van der Waals surface area contributed by atoms with Gasteiger partial charge in [0.05, 0.1) is 0 Å². The first-order valence-electron chi connectivity index (χ1n) is 10.9. The molecule has 5 rings (SSSR count). The van der Waals surface area contributed by atoms with E-state index in [1.165, 1.54) is 5.69 Å². The van der Waals surface area contributed by atoms with Crippen LogP contribution in [0.3, 0.4) is 0 Å². The molecule has 1 N–H and O–H groups in total. The van der Waals surface area contributed by atoms with E-state index in [4.69, 9.17) is 0 Å². The minimum atomic E-state index is -0.0977. The molecule has 0 unspecified atom stereocenters. The van der Waals surface area contributed by atoms with E-state index < -0.39 is 0 Å². The molecule has 2 aromatic heterocycles. The fraction of sp³-hybridized carbons (Fsp3) is 0.192. The molecule has 1 aliphatic rings. The van der Waals surface area contributed by atoms with E-state index in [1.807, 2.05) is 48.7 Å². The quantitative estimate of drug-likeness (QED) is 0.528. The number of pyridine rings is 2. The van der Waals surface area contributed by atoms with E-state index in [9.17, 15) is 4.79 Å². The molecule has 32 heavy (non-hydrogen) atoms. The van der Waals surface area contributed by atoms with Gasteiger partial charge in [-0.2, -0.15) is 0 Å². The summed E-state index contributed by atoms with van der Waals surface area (Å²) in [6.45, 7) is 4.10. The molecule has 1 aliphatic heterocycles. The summed E-state index contributed by atoms with van der Waals surface area (Å²) in [6, 6.07) is 22.2. The molecule has 2 aromatic carbocycles. The monoisotopic (exact) mass is 423 g/mol. The second-order valence-electron chi connectivity index (χ2n) is 7.92. The van der Waals surface area contributed by atoms with Gasteiger partial charge < -0.3 is 15.1 Å². The number of benzene rings is 2. The van der Waals surface area contributed by atoms with Gasteiger partial charge in [0.15, 0.2) is 0 Å². The van der Waals surface area contributed by atoms with E-state index in [-0.39, 0.29) is 5.91 Å². The highest BCUT2D eigenvalue weighted by molar-refractivity contribution is 6.01. The van der Waals surface area contributed by atoms with Crippen molar-refractivity contribution in [3.05, 3.63) is 96.4 Å². The Morgan fingerprint density at radius 3 is 2.47 bits per heavy atom. The van der Waals surface area contributed by atoms with Crippen LogP contribution >= 0.6 is 0 Å². The number of piperazine rings is 1. The highest BCUT2D eigenvalue weighted by Crippen LogP contribution is 2.27. The predicted molar refractivity (Wildman–Crippen MR) is 128 cm³/mol. The summed E-state index contributed by atoms with van der Waals surface area (Å²) in [5.74, 6) is 0.844. The lowest BCUT2D eigenvalue weighted by Crippen LogP contribution is -2.46. The van der Waals surface area contributed by atoms with Crippen LogP contribution in [0.1, 0.15) is 15.9 Å². The summed E-state index contributed by atoms with van der Waals surface area (Å²) in [5.41, 5.74) is 2.87. The molecular weight excluding hydrogens is 398 g/mol. The molecule has 0 aliphatic carbocycles. The Labute approximate surface area is 187 Å². The number of hydrogen-bond acceptors (Lipinski definition) is 5. The van der Waals surface area contributed by atoms with Gasteiger partial charge in [-0.15, -0.1) is 0 Å². The number of nitrogens with one attached hydrogen (secondary N) is 1. The zero-order chi connectivity index (χ0) is 21.8. The topological polar surface area (TPSA) is 61.4 Å². The Kier molecular flexibility index (Phi) is 5.66. The van der Waals surface area contributed by atoms with Gasteiger partial charge >= 0.3 is 0 Å². The first-order chi connectivity index (χ1) is 15.8. The van der Waals surface area contributed by atoms with E-state index in [0.717, 1.165) is 48.3 Å². The fourth-order valence-electron chi connectivity index (χ4n) is 4.15. The van der Waals surface area contributed by atoms with Crippen LogP contribution in [0, 0.1) is 0 Å². The molecule has 1 fully saturated rings. The molecule has 0 atom stereocenters. The van der Waals surface area contributed by atoms with Crippen molar-refractivity contribution in [1.29, 1.82) is 0 Å². The van der Waals surface area contributed by atoms with Crippen molar-refractivity contribution in [3.8, 4) is 0 Å². The van der Waals surface area contributed by atoms with Crippen LogP contribution in [0.2, 0.25) is 0 Å². The van der Waals surface area contributed by atoms with Crippen molar-refractivity contribution < 1.29 is 4.79 Å². The molecular formula is C26H25N5O. The first-order valence-corrected chi connectivity index (χ1v) is 10.9. The number of para-hydroxylation sites is 1. The SMILES string of the molecule is O=C(NCc1cccnc1)c1ccc2ccnc(N3CCN(c4ccccc4)CC3)c2c1. The van der Waals surface area contributed by atoms with Crippen molar-refractivity contribution >= 4 is 28.2 Å². The molecule has 0 radical (unpaired) electrons. The van der Waals surface area contributed by atoms with Crippen molar-refractivity contribution in [1.82, 2.24) is 15.3 Å². The molecule has 160 valence electrons. The van der Waals surface area contributed by atoms with Crippen LogP contribution in [-0.4, -0.2) is 42.1 Å². The van der Waals surface area contributed by atoms with Gasteiger partial charge in [0.2, 0.25) is 0 Å². The van der Waals surface area contributed by atoms with Crippen LogP contribution in [0.15, 0.2) is 85.3 Å². The Bertz CT molecular complexity index is 1200. The summed E-state index contributed by atoms with van der Waals surface area (Å²) in [4.78, 5) is 26.3. The number of fused-ring (bicyclic) bond motifs is 1. The third-order valence-electron chi connectivity index (χ3n) is 5.88. The molecule has 6 nitrogen and oxygen atoms in total. The van der Waals surface area contributed by atoms with E-state index in [1.54, 1.807) is 12.4 Å². The summed E-state index contributed by atoms with van der Waals surface area (Å²) >= 11 is 0. The van der Waals surface area contributed by atoms with Gasteiger partial charge in [0.25, 0.3) is 5.91 Å². The Hall–Kier alpha value is -3.93. The maximum absolute atomic E-state index is 12.8. The standard InChI is InChI=1S/C26H25N5O/c32-26(29-19-20-5-4-11-27-18-20)22-9-8-21-10-12-28-25(24(21)17-22)31-15-13-30(14-16-31)23-6-2-1-3-7-23/h1-12,17-18H,13-16,19H2,(H,29,32). The van der Waals surface area contributed by atoms with Crippen molar-refractivity contribution in [3.63, 3.8) is 0 Å². The van der Waals surface area contributed by atoms with Crippen LogP contribution < -0.4 is 15.1 Å². The van der Waals surface area contributed by atoms with Gasteiger partial charge in [-0.1, -0.05) is 30.3 Å². The zero-order valence-corrected chi connectivity index (χ0v) is 17.8. The van der Waals surface area contributed by atoms with Crippen LogP contribution in [0.25, 0.3) is 10.8 Å². The summed E-state index contributed by atoms with van der Waals surface area (Å²) in [5, 5.41) is 5.08. The Balaban J connectivity index is 1.33. The maximum Gasteiger partial charge on any atom is 0.251 e. The van der Waals surface area contributed by atoms with Crippen LogP contribution in [0.5, 0.6) is 0 Å². The van der Waals surface area contributed by atoms with Crippen molar-refractivity contribution in [2.45, 2.75) is 6.54 Å². The molecule has 1 amide bonds. The predicted octanol–water partition coefficient (Wildman–Crippen LogP) is 3.89. The third-order valence-corrected chi connectivity index (χ3v) is 5.88. The van der Waals surface area contributed by atoms with Gasteiger partial charge in [-0.3, -0.25) is 9.78 Å². The number of carbonyl (C=O) groups is 1. The minimum Gasteiger partial charge on any atom is -0.368 e. The van der Waals surface area contributed by atoms with Crippen molar-refractivity contribution in [2.24, 2.45) is 0 Å². The smallest absolute Gasteiger partial charge is 0.251 e. The molecule has 4 aromatic rings. The fourth-order valence-corrected chi connectivity index (χ4v) is 4.15. The summed E-state index contributed by atoms with van der Waals surface area (Å²) in [6.07, 6.45) is 5.34. The van der Waals surface area contributed by atoms with Gasteiger partial charge in [0, 0.05) is 68.0 Å². The largest absolute Gasteiger partial charge is 0.368 e. The Morgan fingerprint density at radius 2 is 1.69 bits per heavy atom. The van der Waals surface area contributed by atoms with Gasteiger partial charge in [-0.25, -0.2) is 4.98 Å². The second-order valence-corrected chi connectivity index (χ2v) is 7.92. The molecule has 1 saturated heterocycles. The van der Waals surface area contributed by atoms with Crippen LogP contribution in [0.4, 0.5) is 11.5 Å². The first kappa shape index (κ1) is 20.0. The average molecular weight is 424 g/mol. The highest BCUT2D eigenvalue weighted by atomic mass is 16.1. The highest BCUT2D eigenvalue weighted by Gasteiger charge is 2.20. The molecule has 0 spiro atoms. The number of nitrogens with zero attached hydrogens (tertiary/aromatic N) is 4. The van der Waals surface area contributed by atoms with Gasteiger partial charge in [0.1, 0.15) is 5.82 Å². The van der Waals surface area contributed by atoms with E-state index >= 15 is 0 Å². The maximum atomic E-state index is 12.8. The minimum absolute atomic E-state index is 0.0977. The Morgan fingerprint density at radius 1 is 0.875 bits per heavy atom. The number of anilines is 2. The lowest BCUT2D eigenvalue weighted by Gasteiger charge is -2.37. The molecule has 0 saturated carbocycles. The number of aromatic nitrogens is 2. The number of amides is 1. The normalized spacial score (nSPS) is 13.9. The van der Waals surface area contributed by atoms with Crippen LogP contribution in [-0.2, 0) is 6.54 Å². The lowest BCUT2D eigenvalue weighted by atomic mass is 10.1. The van der Waals surface area contributed by atoms with Gasteiger partial charge in [-0.05, 0) is 47.3 Å². The number of carbonyl (C=O) groups excluding carboxylic acids is 1. The summed E-state index contributed by atoms with van der Waals surface area (Å²) in [7, 11) is 0. The molecule has 6 heteroatoms. The third kappa shape index (κ3) is 4.25. The van der Waals surface area contributed by atoms with E-state index in [0.29, 0.717) is 12.1 Å². The lowest BCUT2D eigenvalue weighted by molar-refractivity contribution is 0.0951. The number of hydrogen-bond donors (Lipinski definition) is 1. The molecule has 0 bridgehead atoms. The number of rotatable bonds is 5. The summed E-state index contributed by atoms with van der Waals surface area (Å²) < 4.78 is 0. The molecule has 3 heterocycles. The zero-order valence-electron chi connectivity index (χ0n) is 17.8. The second kappa shape index (κ2) is 9.06. The average Bonchev–Trinajstić information content (AvgIpc) is 2.88. The van der Waals surface area contributed by atoms with Crippen molar-refractivity contribution in [2.75, 3.05) is 36.0 Å². The van der Waals surface area contributed by atoms with E-state index in [2.05, 4.69) is 49.4 Å².